The minimum Gasteiger partial charge on any atom is -0.352 e. The zero-order chi connectivity index (χ0) is 26.8. The summed E-state index contributed by atoms with van der Waals surface area (Å²) in [7, 11) is 0. The molecule has 0 aromatic carbocycles. The fourth-order valence-electron chi connectivity index (χ4n) is 7.35. The Bertz CT molecular complexity index is 626. The van der Waals surface area contributed by atoms with E-state index < -0.39 is 0 Å². The first-order valence-corrected chi connectivity index (χ1v) is 14.8. The van der Waals surface area contributed by atoms with Gasteiger partial charge in [0.25, 0.3) is 0 Å². The second-order valence-electron chi connectivity index (χ2n) is 14.3. The highest BCUT2D eigenvalue weighted by atomic mass is 16.7. The van der Waals surface area contributed by atoms with Gasteiger partial charge < -0.3 is 9.47 Å². The third kappa shape index (κ3) is 7.04. The summed E-state index contributed by atoms with van der Waals surface area (Å²) in [6.45, 7) is 26.1. The van der Waals surface area contributed by atoms with E-state index in [4.69, 9.17) is 19.1 Å². The number of hydroxylamine groups is 4. The van der Waals surface area contributed by atoms with Gasteiger partial charge in [-0.2, -0.15) is 10.1 Å². The monoisotopic (exact) mass is 510 g/mol. The highest BCUT2D eigenvalue weighted by molar-refractivity contribution is 4.97. The van der Waals surface area contributed by atoms with E-state index in [2.05, 4.69) is 79.4 Å². The first-order valence-electron chi connectivity index (χ1n) is 14.8. The fourth-order valence-corrected chi connectivity index (χ4v) is 7.35. The maximum Gasteiger partial charge on any atom is 0.160 e. The van der Waals surface area contributed by atoms with Crippen molar-refractivity contribution in [1.82, 2.24) is 10.1 Å². The molecule has 0 aromatic rings. The van der Waals surface area contributed by atoms with Crippen LogP contribution in [0.5, 0.6) is 0 Å². The zero-order valence-corrected chi connectivity index (χ0v) is 25.3. The third-order valence-corrected chi connectivity index (χ3v) is 8.83. The van der Waals surface area contributed by atoms with Crippen molar-refractivity contribution < 1.29 is 19.1 Å². The molecule has 3 aliphatic heterocycles. The molecule has 0 amide bonds. The molecular weight excluding hydrogens is 452 g/mol. The topological polar surface area (TPSA) is 43.4 Å². The second kappa shape index (κ2) is 11.9. The molecule has 6 nitrogen and oxygen atoms in total. The predicted octanol–water partition coefficient (Wildman–Crippen LogP) is 6.98. The molecule has 212 valence electrons. The second-order valence-corrected chi connectivity index (χ2v) is 14.3. The van der Waals surface area contributed by atoms with Crippen molar-refractivity contribution in [2.75, 3.05) is 26.4 Å². The molecule has 2 unspecified atom stereocenters. The predicted molar refractivity (Wildman–Crippen MR) is 146 cm³/mol. The molecule has 3 aliphatic rings. The van der Waals surface area contributed by atoms with E-state index in [1.54, 1.807) is 0 Å². The highest BCUT2D eigenvalue weighted by Gasteiger charge is 2.48. The molecule has 3 saturated heterocycles. The fraction of sp³-hybridized carbons (Fsp3) is 1.00. The Balaban J connectivity index is 1.63. The van der Waals surface area contributed by atoms with Gasteiger partial charge in [0, 0.05) is 34.0 Å². The normalized spacial score (nSPS) is 35.2. The van der Waals surface area contributed by atoms with Gasteiger partial charge in [0.1, 0.15) is 0 Å². The zero-order valence-electron chi connectivity index (χ0n) is 25.3. The van der Waals surface area contributed by atoms with Crippen LogP contribution in [-0.4, -0.2) is 65.0 Å². The van der Waals surface area contributed by atoms with E-state index in [0.717, 1.165) is 71.4 Å². The van der Waals surface area contributed by atoms with Crippen LogP contribution in [0.4, 0.5) is 0 Å². The quantitative estimate of drug-likeness (QED) is 0.351. The third-order valence-electron chi connectivity index (χ3n) is 8.83. The summed E-state index contributed by atoms with van der Waals surface area (Å²) in [6, 6.07) is 0. The molecule has 0 aromatic heterocycles. The van der Waals surface area contributed by atoms with E-state index >= 15 is 0 Å². The van der Waals surface area contributed by atoms with E-state index in [1.807, 2.05) is 0 Å². The minimum atomic E-state index is -0.109. The summed E-state index contributed by atoms with van der Waals surface area (Å²) in [5.41, 5.74) is -0.0658. The van der Waals surface area contributed by atoms with Gasteiger partial charge in [0.2, 0.25) is 0 Å². The summed E-state index contributed by atoms with van der Waals surface area (Å²) in [5, 5.41) is 4.58. The molecule has 6 heteroatoms. The Morgan fingerprint density at radius 2 is 1.03 bits per heavy atom. The van der Waals surface area contributed by atoms with Crippen molar-refractivity contribution in [2.24, 2.45) is 17.8 Å². The van der Waals surface area contributed by atoms with Crippen LogP contribution < -0.4 is 0 Å². The van der Waals surface area contributed by atoms with Crippen molar-refractivity contribution in [3.8, 4) is 0 Å². The molecule has 3 heterocycles. The summed E-state index contributed by atoms with van der Waals surface area (Å²) >= 11 is 0. The van der Waals surface area contributed by atoms with E-state index in [0.29, 0.717) is 17.8 Å². The summed E-state index contributed by atoms with van der Waals surface area (Å²) in [4.78, 5) is 12.6. The molecule has 0 radical (unpaired) electrons. The average molecular weight is 511 g/mol. The molecule has 36 heavy (non-hydrogen) atoms. The lowest BCUT2D eigenvalue weighted by Crippen LogP contribution is -2.55. The molecular formula is C30H58N2O4. The van der Waals surface area contributed by atoms with Gasteiger partial charge in [0.05, 0.1) is 26.4 Å². The van der Waals surface area contributed by atoms with Crippen molar-refractivity contribution >= 4 is 0 Å². The Kier molecular flexibility index (Phi) is 10.00. The lowest BCUT2D eigenvalue weighted by Gasteiger charge is -2.46. The summed E-state index contributed by atoms with van der Waals surface area (Å²) in [5.74, 6) is 1.41. The number of rotatable bonds is 8. The summed E-state index contributed by atoms with van der Waals surface area (Å²) < 4.78 is 13.1. The number of nitrogens with zero attached hydrogens (tertiary/aromatic N) is 2. The molecule has 0 spiro atoms. The number of hydrogen-bond donors (Lipinski definition) is 0. The van der Waals surface area contributed by atoms with Crippen LogP contribution in [0.1, 0.15) is 121 Å². The first kappa shape index (κ1) is 30.3. The van der Waals surface area contributed by atoms with Gasteiger partial charge in [-0.1, -0.05) is 13.8 Å². The van der Waals surface area contributed by atoms with Gasteiger partial charge in [0.15, 0.2) is 6.29 Å². The Morgan fingerprint density at radius 3 is 1.47 bits per heavy atom. The maximum absolute atomic E-state index is 6.54. The molecule has 0 N–H and O–H groups in total. The molecule has 0 saturated carbocycles. The average Bonchev–Trinajstić information content (AvgIpc) is 2.94. The van der Waals surface area contributed by atoms with Crippen molar-refractivity contribution in [3.63, 3.8) is 0 Å². The van der Waals surface area contributed by atoms with Crippen LogP contribution >= 0.6 is 0 Å². The van der Waals surface area contributed by atoms with Crippen LogP contribution in [0, 0.1) is 17.8 Å². The Labute approximate surface area is 222 Å². The van der Waals surface area contributed by atoms with Crippen molar-refractivity contribution in [1.29, 1.82) is 0 Å². The van der Waals surface area contributed by atoms with Gasteiger partial charge in [-0.15, -0.1) is 0 Å². The van der Waals surface area contributed by atoms with Gasteiger partial charge in [-0.25, -0.2) is 0 Å². The molecule has 3 rings (SSSR count). The first-order chi connectivity index (χ1) is 16.7. The van der Waals surface area contributed by atoms with Crippen molar-refractivity contribution in [3.05, 3.63) is 0 Å². The molecule has 0 aliphatic carbocycles. The largest absolute Gasteiger partial charge is 0.352 e. The van der Waals surface area contributed by atoms with Crippen LogP contribution in [0.15, 0.2) is 0 Å². The van der Waals surface area contributed by atoms with Crippen LogP contribution in [0.2, 0.25) is 0 Å². The van der Waals surface area contributed by atoms with Crippen molar-refractivity contribution in [2.45, 2.75) is 149 Å². The Hall–Kier alpha value is -0.240. The standard InChI is InChI=1S/C30H58N2O4/c1-11-17-35-31-27(3,4)15-13-23(19-29(31,7)8)25-21-33-26(34-22-25)24-14-16-28(5,6)32(36-18-12-2)30(9,10)20-24/h23-26H,11-22H2,1-10H3. The van der Waals surface area contributed by atoms with E-state index in [1.165, 1.54) is 6.42 Å². The van der Waals surface area contributed by atoms with E-state index in [9.17, 15) is 0 Å². The van der Waals surface area contributed by atoms with E-state index in [-0.39, 0.29) is 28.4 Å². The molecule has 2 atom stereocenters. The van der Waals surface area contributed by atoms with Gasteiger partial charge in [-0.3, -0.25) is 9.68 Å². The number of hydrogen-bond acceptors (Lipinski definition) is 6. The van der Waals surface area contributed by atoms with Crippen LogP contribution in [0.25, 0.3) is 0 Å². The highest BCUT2D eigenvalue weighted by Crippen LogP contribution is 2.45. The minimum absolute atomic E-state index is 0.00488. The lowest BCUT2D eigenvalue weighted by atomic mass is 9.80. The molecule has 3 fully saturated rings. The Morgan fingerprint density at radius 1 is 0.611 bits per heavy atom. The SMILES string of the molecule is CCCON1C(C)(C)CCC(C2COC(C3CCC(C)(C)N(OCCC)C(C)(C)C3)OC2)CC1(C)C. The smallest absolute Gasteiger partial charge is 0.160 e. The molecule has 0 bridgehead atoms. The van der Waals surface area contributed by atoms with Crippen LogP contribution in [0.3, 0.4) is 0 Å². The van der Waals surface area contributed by atoms with Gasteiger partial charge >= 0.3 is 0 Å². The van der Waals surface area contributed by atoms with Crippen LogP contribution in [-0.2, 0) is 19.1 Å². The van der Waals surface area contributed by atoms with Gasteiger partial charge in [-0.05, 0) is 113 Å². The maximum atomic E-state index is 6.54. The summed E-state index contributed by atoms with van der Waals surface area (Å²) in [6.07, 6.45) is 8.59. The number of ether oxygens (including phenoxy) is 2. The lowest BCUT2D eigenvalue weighted by molar-refractivity contribution is -0.271.